The van der Waals surface area contributed by atoms with Crippen molar-refractivity contribution >= 4 is 5.69 Å². The molecular weight excluding hydrogens is 210 g/mol. The lowest BCUT2D eigenvalue weighted by atomic mass is 9.96. The fourth-order valence-corrected chi connectivity index (χ4v) is 1.91. The third-order valence-electron chi connectivity index (χ3n) is 2.98. The van der Waals surface area contributed by atoms with Crippen LogP contribution in [0.2, 0.25) is 0 Å². The summed E-state index contributed by atoms with van der Waals surface area (Å²) in [5.74, 6) is 0. The van der Waals surface area contributed by atoms with Gasteiger partial charge in [-0.05, 0) is 42.7 Å². The lowest BCUT2D eigenvalue weighted by Crippen LogP contribution is -2.02. The summed E-state index contributed by atoms with van der Waals surface area (Å²) in [5, 5.41) is 10.3. The lowest BCUT2D eigenvalue weighted by molar-refractivity contribution is 0.219. The van der Waals surface area contributed by atoms with Crippen LogP contribution in [0.15, 0.2) is 42.5 Å². The van der Waals surface area contributed by atoms with Gasteiger partial charge in [0.05, 0.1) is 0 Å². The van der Waals surface area contributed by atoms with Crippen molar-refractivity contribution < 1.29 is 5.11 Å². The van der Waals surface area contributed by atoms with Gasteiger partial charge in [0.1, 0.15) is 6.10 Å². The summed E-state index contributed by atoms with van der Waals surface area (Å²) >= 11 is 0. The van der Waals surface area contributed by atoms with Gasteiger partial charge >= 0.3 is 0 Å². The van der Waals surface area contributed by atoms with Crippen LogP contribution in [0.5, 0.6) is 0 Å². The first-order chi connectivity index (χ1) is 8.08. The van der Waals surface area contributed by atoms with Gasteiger partial charge in [0.25, 0.3) is 0 Å². The molecule has 0 saturated carbocycles. The molecule has 2 aromatic carbocycles. The van der Waals surface area contributed by atoms with E-state index in [2.05, 4.69) is 6.07 Å². The Hall–Kier alpha value is -1.80. The zero-order chi connectivity index (χ0) is 12.4. The van der Waals surface area contributed by atoms with Gasteiger partial charge in [-0.15, -0.1) is 0 Å². The van der Waals surface area contributed by atoms with Gasteiger partial charge in [-0.3, -0.25) is 0 Å². The number of aliphatic hydroxyl groups is 1. The van der Waals surface area contributed by atoms with E-state index in [1.54, 1.807) is 0 Å². The summed E-state index contributed by atoms with van der Waals surface area (Å²) in [5.41, 5.74) is 10.4. The summed E-state index contributed by atoms with van der Waals surface area (Å²) in [6, 6.07) is 13.5. The summed E-state index contributed by atoms with van der Waals surface area (Å²) in [4.78, 5) is 0. The fraction of sp³-hybridized carbons (Fsp3) is 0.200. The predicted octanol–water partition coefficient (Wildman–Crippen LogP) is 2.97. The normalized spacial score (nSPS) is 12.4. The number of nitrogens with two attached hydrogens (primary N) is 1. The van der Waals surface area contributed by atoms with E-state index in [1.165, 1.54) is 0 Å². The maximum atomic E-state index is 10.3. The Kier molecular flexibility index (Phi) is 3.16. The molecule has 2 aromatic rings. The van der Waals surface area contributed by atoms with Crippen molar-refractivity contribution in [3.8, 4) is 0 Å². The highest BCUT2D eigenvalue weighted by molar-refractivity contribution is 5.43. The van der Waals surface area contributed by atoms with Crippen molar-refractivity contribution in [3.63, 3.8) is 0 Å². The Morgan fingerprint density at radius 2 is 1.65 bits per heavy atom. The van der Waals surface area contributed by atoms with Crippen LogP contribution < -0.4 is 5.73 Å². The van der Waals surface area contributed by atoms with Gasteiger partial charge in [-0.25, -0.2) is 0 Å². The van der Waals surface area contributed by atoms with Crippen molar-refractivity contribution in [1.82, 2.24) is 0 Å². The maximum Gasteiger partial charge on any atom is 0.104 e. The van der Waals surface area contributed by atoms with Crippen LogP contribution >= 0.6 is 0 Å². The van der Waals surface area contributed by atoms with Crippen LogP contribution in [0.4, 0.5) is 5.69 Å². The van der Waals surface area contributed by atoms with Crippen molar-refractivity contribution in [3.05, 3.63) is 64.7 Å². The average Bonchev–Trinajstić information content (AvgIpc) is 2.32. The molecule has 0 aromatic heterocycles. The Labute approximate surface area is 102 Å². The molecule has 2 heteroatoms. The first-order valence-electron chi connectivity index (χ1n) is 5.68. The molecule has 0 radical (unpaired) electrons. The number of hydrogen-bond acceptors (Lipinski definition) is 2. The molecule has 88 valence electrons. The Morgan fingerprint density at radius 3 is 2.29 bits per heavy atom. The average molecular weight is 227 g/mol. The van der Waals surface area contributed by atoms with Crippen molar-refractivity contribution in [2.75, 3.05) is 5.73 Å². The third kappa shape index (κ3) is 2.48. The lowest BCUT2D eigenvalue weighted by Gasteiger charge is -2.15. The minimum Gasteiger partial charge on any atom is -0.399 e. The van der Waals surface area contributed by atoms with Gasteiger partial charge in [0, 0.05) is 5.69 Å². The summed E-state index contributed by atoms with van der Waals surface area (Å²) < 4.78 is 0. The molecule has 0 amide bonds. The number of hydrogen-bond donors (Lipinski definition) is 2. The van der Waals surface area contributed by atoms with Crippen molar-refractivity contribution in [2.24, 2.45) is 0 Å². The summed E-state index contributed by atoms with van der Waals surface area (Å²) in [7, 11) is 0. The van der Waals surface area contributed by atoms with Crippen LogP contribution in [0.1, 0.15) is 28.4 Å². The topological polar surface area (TPSA) is 46.2 Å². The van der Waals surface area contributed by atoms with E-state index in [4.69, 9.17) is 5.73 Å². The monoisotopic (exact) mass is 227 g/mol. The number of benzene rings is 2. The molecule has 0 unspecified atom stereocenters. The molecule has 0 bridgehead atoms. The van der Waals surface area contributed by atoms with Gasteiger partial charge in [0.15, 0.2) is 0 Å². The molecule has 17 heavy (non-hydrogen) atoms. The smallest absolute Gasteiger partial charge is 0.104 e. The van der Waals surface area contributed by atoms with Gasteiger partial charge in [-0.2, -0.15) is 0 Å². The standard InChI is InChI=1S/C15H17NO/c1-10-3-4-11(2)14(9-10)15(17)12-5-7-13(16)8-6-12/h3-9,15,17H,16H2,1-2H3/t15-/m0/s1. The maximum absolute atomic E-state index is 10.3. The summed E-state index contributed by atoms with van der Waals surface area (Å²) in [6.07, 6.45) is -0.588. The second kappa shape index (κ2) is 4.60. The number of rotatable bonds is 2. The van der Waals surface area contributed by atoms with Crippen LogP contribution in [-0.4, -0.2) is 5.11 Å². The molecule has 0 aliphatic carbocycles. The highest BCUT2D eigenvalue weighted by atomic mass is 16.3. The van der Waals surface area contributed by atoms with Crippen LogP contribution in [0, 0.1) is 13.8 Å². The Morgan fingerprint density at radius 1 is 1.00 bits per heavy atom. The molecule has 0 heterocycles. The second-order valence-corrected chi connectivity index (χ2v) is 4.43. The first kappa shape index (κ1) is 11.7. The van der Waals surface area contributed by atoms with Crippen molar-refractivity contribution in [2.45, 2.75) is 20.0 Å². The van der Waals surface area contributed by atoms with E-state index in [9.17, 15) is 5.11 Å². The minimum absolute atomic E-state index is 0.588. The van der Waals surface area contributed by atoms with E-state index < -0.39 is 6.10 Å². The van der Waals surface area contributed by atoms with Crippen LogP contribution in [0.25, 0.3) is 0 Å². The first-order valence-corrected chi connectivity index (χ1v) is 5.68. The summed E-state index contributed by atoms with van der Waals surface area (Å²) in [6.45, 7) is 4.04. The van der Waals surface area contributed by atoms with Crippen LogP contribution in [-0.2, 0) is 0 Å². The quantitative estimate of drug-likeness (QED) is 0.775. The van der Waals surface area contributed by atoms with Crippen LogP contribution in [0.3, 0.4) is 0 Å². The third-order valence-corrected chi connectivity index (χ3v) is 2.98. The number of aliphatic hydroxyl groups excluding tert-OH is 1. The zero-order valence-corrected chi connectivity index (χ0v) is 10.1. The van der Waals surface area contributed by atoms with E-state index in [0.717, 1.165) is 22.3 Å². The molecule has 0 aliphatic heterocycles. The molecular formula is C15H17NO. The zero-order valence-electron chi connectivity index (χ0n) is 10.1. The molecule has 0 spiro atoms. The Balaban J connectivity index is 2.39. The number of anilines is 1. The Bertz CT molecular complexity index is 517. The molecule has 2 rings (SSSR count). The fourth-order valence-electron chi connectivity index (χ4n) is 1.91. The molecule has 0 fully saturated rings. The van der Waals surface area contributed by atoms with Gasteiger partial charge in [-0.1, -0.05) is 35.9 Å². The number of nitrogen functional groups attached to an aromatic ring is 1. The van der Waals surface area contributed by atoms with E-state index >= 15 is 0 Å². The van der Waals surface area contributed by atoms with E-state index in [-0.39, 0.29) is 0 Å². The molecule has 0 saturated heterocycles. The molecule has 3 N–H and O–H groups in total. The molecule has 1 atom stereocenters. The van der Waals surface area contributed by atoms with E-state index in [0.29, 0.717) is 5.69 Å². The van der Waals surface area contributed by atoms with Gasteiger partial charge in [0.2, 0.25) is 0 Å². The predicted molar refractivity (Wildman–Crippen MR) is 70.8 cm³/mol. The van der Waals surface area contributed by atoms with E-state index in [1.807, 2.05) is 50.2 Å². The second-order valence-electron chi connectivity index (χ2n) is 4.43. The number of aryl methyl sites for hydroxylation is 2. The molecule has 2 nitrogen and oxygen atoms in total. The highest BCUT2D eigenvalue weighted by Crippen LogP contribution is 2.26. The largest absolute Gasteiger partial charge is 0.399 e. The molecule has 0 aliphatic rings. The SMILES string of the molecule is Cc1ccc(C)c([C@@H](O)c2ccc(N)cc2)c1. The minimum atomic E-state index is -0.588. The highest BCUT2D eigenvalue weighted by Gasteiger charge is 2.12. The van der Waals surface area contributed by atoms with Crippen molar-refractivity contribution in [1.29, 1.82) is 0 Å². The van der Waals surface area contributed by atoms with Gasteiger partial charge < -0.3 is 10.8 Å².